The van der Waals surface area contributed by atoms with Crippen molar-refractivity contribution in [3.63, 3.8) is 0 Å². The van der Waals surface area contributed by atoms with E-state index < -0.39 is 24.0 Å². The minimum atomic E-state index is -1.25. The fraction of sp³-hybridized carbons (Fsp3) is 0.250. The van der Waals surface area contributed by atoms with Gasteiger partial charge >= 0.3 is 5.97 Å². The van der Waals surface area contributed by atoms with E-state index in [0.29, 0.717) is 0 Å². The summed E-state index contributed by atoms with van der Waals surface area (Å²) in [6.07, 6.45) is -0.568. The minimum Gasteiger partial charge on any atom is -0.478 e. The minimum absolute atomic E-state index is 0.00993. The lowest BCUT2D eigenvalue weighted by atomic mass is 10.0. The Morgan fingerprint density at radius 1 is 1.44 bits per heavy atom. The molecule has 0 aliphatic carbocycles. The van der Waals surface area contributed by atoms with E-state index in [1.807, 2.05) is 0 Å². The maximum Gasteiger partial charge on any atom is 0.328 e. The molecule has 6 heteroatoms. The number of benzene rings is 1. The van der Waals surface area contributed by atoms with Crippen molar-refractivity contribution >= 4 is 23.6 Å². The van der Waals surface area contributed by atoms with Crippen LogP contribution < -0.4 is 0 Å². The summed E-state index contributed by atoms with van der Waals surface area (Å²) in [5.74, 6) is -2.00. The maximum atomic E-state index is 13.4. The highest BCUT2D eigenvalue weighted by atomic mass is 35.5. The second-order valence-corrected chi connectivity index (χ2v) is 3.93. The Morgan fingerprint density at radius 3 is 2.67 bits per heavy atom. The van der Waals surface area contributed by atoms with E-state index in [2.05, 4.69) is 0 Å². The first-order valence-corrected chi connectivity index (χ1v) is 5.61. The van der Waals surface area contributed by atoms with Gasteiger partial charge in [-0.3, -0.25) is 0 Å². The second-order valence-electron chi connectivity index (χ2n) is 3.62. The van der Waals surface area contributed by atoms with E-state index in [-0.39, 0.29) is 17.0 Å². The third-order valence-corrected chi connectivity index (χ3v) is 2.61. The van der Waals surface area contributed by atoms with E-state index >= 15 is 0 Å². The lowest BCUT2D eigenvalue weighted by Crippen LogP contribution is -2.19. The van der Waals surface area contributed by atoms with Crippen LogP contribution in [-0.2, 0) is 4.79 Å². The molecule has 18 heavy (non-hydrogen) atoms. The SMILES string of the molecule is O=C(O)/C=C/c1cc(C(O)C(O)CCl)ccc1F. The third-order valence-electron chi connectivity index (χ3n) is 2.29. The van der Waals surface area contributed by atoms with E-state index in [1.54, 1.807) is 0 Å². The number of aliphatic hydroxyl groups excluding tert-OH is 2. The zero-order valence-electron chi connectivity index (χ0n) is 9.25. The Morgan fingerprint density at radius 2 is 2.11 bits per heavy atom. The summed E-state index contributed by atoms with van der Waals surface area (Å²) in [6, 6.07) is 3.64. The quantitative estimate of drug-likeness (QED) is 0.562. The van der Waals surface area contributed by atoms with Crippen LogP contribution in [0.4, 0.5) is 4.39 Å². The van der Waals surface area contributed by atoms with Gasteiger partial charge in [-0.25, -0.2) is 9.18 Å². The Bertz CT molecular complexity index is 461. The number of halogens is 2. The molecule has 1 rings (SSSR count). The molecule has 0 fully saturated rings. The van der Waals surface area contributed by atoms with Gasteiger partial charge in [0.15, 0.2) is 0 Å². The first-order chi connectivity index (χ1) is 8.45. The molecule has 3 N–H and O–H groups in total. The molecule has 0 bridgehead atoms. The summed E-state index contributed by atoms with van der Waals surface area (Å²) >= 11 is 5.39. The van der Waals surface area contributed by atoms with Crippen LogP contribution in [0, 0.1) is 5.82 Å². The molecule has 0 heterocycles. The van der Waals surface area contributed by atoms with Crippen molar-refractivity contribution in [3.05, 3.63) is 41.2 Å². The highest BCUT2D eigenvalue weighted by molar-refractivity contribution is 6.18. The van der Waals surface area contributed by atoms with Gasteiger partial charge in [-0.1, -0.05) is 6.07 Å². The summed E-state index contributed by atoms with van der Waals surface area (Å²) in [7, 11) is 0. The van der Waals surface area contributed by atoms with Gasteiger partial charge in [0.05, 0.1) is 12.0 Å². The number of hydrogen-bond donors (Lipinski definition) is 3. The number of aliphatic carboxylic acids is 1. The lowest BCUT2D eigenvalue weighted by Gasteiger charge is -2.16. The Balaban J connectivity index is 3.03. The predicted octanol–water partition coefficient (Wildman–Crippen LogP) is 1.56. The Hall–Kier alpha value is -1.43. The Labute approximate surface area is 108 Å². The van der Waals surface area contributed by atoms with Gasteiger partial charge in [-0.05, 0) is 23.8 Å². The van der Waals surface area contributed by atoms with Crippen molar-refractivity contribution in [1.82, 2.24) is 0 Å². The molecule has 0 radical (unpaired) electrons. The molecule has 0 aliphatic rings. The lowest BCUT2D eigenvalue weighted by molar-refractivity contribution is -0.131. The van der Waals surface area contributed by atoms with Gasteiger partial charge in [0.1, 0.15) is 11.9 Å². The van der Waals surface area contributed by atoms with E-state index in [0.717, 1.165) is 18.2 Å². The molecule has 1 aromatic carbocycles. The molecule has 2 unspecified atom stereocenters. The van der Waals surface area contributed by atoms with Gasteiger partial charge in [-0.15, -0.1) is 11.6 Å². The molecule has 98 valence electrons. The van der Waals surface area contributed by atoms with Gasteiger partial charge in [0, 0.05) is 11.6 Å². The average molecular weight is 275 g/mol. The molecular weight excluding hydrogens is 263 g/mol. The molecule has 2 atom stereocenters. The largest absolute Gasteiger partial charge is 0.478 e. The van der Waals surface area contributed by atoms with Crippen LogP contribution in [0.2, 0.25) is 0 Å². The normalized spacial score (nSPS) is 14.7. The standard InChI is InChI=1S/C12H12ClFO4/c13-6-10(15)12(18)8-1-3-9(14)7(5-8)2-4-11(16)17/h1-5,10,12,15,18H,6H2,(H,16,17)/b4-2+. The molecule has 0 aromatic heterocycles. The number of alkyl halides is 1. The summed E-state index contributed by atoms with van der Waals surface area (Å²) in [5.41, 5.74) is 0.269. The molecule has 0 aliphatic heterocycles. The molecule has 1 aromatic rings. The van der Waals surface area contributed by atoms with Crippen LogP contribution in [0.5, 0.6) is 0 Å². The third kappa shape index (κ3) is 3.80. The highest BCUT2D eigenvalue weighted by Gasteiger charge is 2.18. The average Bonchev–Trinajstić information content (AvgIpc) is 2.35. The second kappa shape index (κ2) is 6.49. The van der Waals surface area contributed by atoms with Crippen LogP contribution >= 0.6 is 11.6 Å². The molecule has 0 saturated carbocycles. The first kappa shape index (κ1) is 14.6. The maximum absolute atomic E-state index is 13.4. The van der Waals surface area contributed by atoms with E-state index in [4.69, 9.17) is 16.7 Å². The van der Waals surface area contributed by atoms with Crippen molar-refractivity contribution in [2.75, 3.05) is 5.88 Å². The molecular formula is C12H12ClFO4. The van der Waals surface area contributed by atoms with Crippen LogP contribution in [0.25, 0.3) is 6.08 Å². The number of hydrogen-bond acceptors (Lipinski definition) is 3. The monoisotopic (exact) mass is 274 g/mol. The van der Waals surface area contributed by atoms with Crippen LogP contribution in [-0.4, -0.2) is 33.3 Å². The van der Waals surface area contributed by atoms with Crippen molar-refractivity contribution in [2.45, 2.75) is 12.2 Å². The van der Waals surface area contributed by atoms with Crippen molar-refractivity contribution in [2.24, 2.45) is 0 Å². The van der Waals surface area contributed by atoms with E-state index in [9.17, 15) is 19.4 Å². The fourth-order valence-electron chi connectivity index (χ4n) is 1.34. The molecule has 4 nitrogen and oxygen atoms in total. The van der Waals surface area contributed by atoms with Gasteiger partial charge in [0.25, 0.3) is 0 Å². The highest BCUT2D eigenvalue weighted by Crippen LogP contribution is 2.21. The molecule has 0 amide bonds. The number of aliphatic hydroxyl groups is 2. The smallest absolute Gasteiger partial charge is 0.328 e. The van der Waals surface area contributed by atoms with Crippen molar-refractivity contribution in [3.8, 4) is 0 Å². The van der Waals surface area contributed by atoms with Crippen molar-refractivity contribution < 1.29 is 24.5 Å². The predicted molar refractivity (Wildman–Crippen MR) is 64.8 cm³/mol. The van der Waals surface area contributed by atoms with Crippen LogP contribution in [0.15, 0.2) is 24.3 Å². The summed E-state index contributed by atoms with van der Waals surface area (Å²) in [4.78, 5) is 10.3. The van der Waals surface area contributed by atoms with E-state index in [1.165, 1.54) is 12.1 Å². The fourth-order valence-corrected chi connectivity index (χ4v) is 1.51. The summed E-state index contributed by atoms with van der Waals surface area (Å²) in [6.45, 7) is 0. The van der Waals surface area contributed by atoms with Gasteiger partial charge < -0.3 is 15.3 Å². The van der Waals surface area contributed by atoms with Crippen LogP contribution in [0.3, 0.4) is 0 Å². The van der Waals surface area contributed by atoms with Crippen molar-refractivity contribution in [1.29, 1.82) is 0 Å². The first-order valence-electron chi connectivity index (χ1n) is 5.08. The molecule has 0 spiro atoms. The summed E-state index contributed by atoms with van der Waals surface area (Å²) in [5, 5.41) is 27.5. The van der Waals surface area contributed by atoms with Gasteiger partial charge in [-0.2, -0.15) is 0 Å². The summed E-state index contributed by atoms with van der Waals surface area (Å²) < 4.78 is 13.4. The molecule has 0 saturated heterocycles. The number of rotatable bonds is 5. The topological polar surface area (TPSA) is 77.8 Å². The number of carboxylic acids is 1. The zero-order valence-corrected chi connectivity index (χ0v) is 10.0. The van der Waals surface area contributed by atoms with Crippen LogP contribution in [0.1, 0.15) is 17.2 Å². The number of carboxylic acid groups (broad SMARTS) is 1. The zero-order chi connectivity index (χ0) is 13.7. The Kier molecular flexibility index (Phi) is 5.27. The van der Waals surface area contributed by atoms with Gasteiger partial charge in [0.2, 0.25) is 0 Å². The number of carbonyl (C=O) groups is 1.